The predicted molar refractivity (Wildman–Crippen MR) is 130 cm³/mol. The summed E-state index contributed by atoms with van der Waals surface area (Å²) in [5.41, 5.74) is 0.706. The highest BCUT2D eigenvalue weighted by atomic mass is 32.2. The molecule has 0 aliphatic rings. The first-order chi connectivity index (χ1) is 16.1. The van der Waals surface area contributed by atoms with Crippen molar-refractivity contribution in [3.63, 3.8) is 0 Å². The third kappa shape index (κ3) is 5.03. The molecule has 4 aromatic rings. The molecule has 1 N–H and O–H groups in total. The number of carbonyl (C=O) groups excluding carboxylic acids is 1. The molecule has 176 valence electrons. The zero-order chi connectivity index (χ0) is 24.5. The molecule has 0 unspecified atom stereocenters. The van der Waals surface area contributed by atoms with Gasteiger partial charge in [-0.1, -0.05) is 49.7 Å². The summed E-state index contributed by atoms with van der Waals surface area (Å²) in [6.07, 6.45) is 0.247. The molecule has 7 nitrogen and oxygen atoms in total. The first-order valence-electron chi connectivity index (χ1n) is 10.9. The van der Waals surface area contributed by atoms with E-state index >= 15 is 0 Å². The molecule has 0 spiro atoms. The highest BCUT2D eigenvalue weighted by Crippen LogP contribution is 2.27. The van der Waals surface area contributed by atoms with Crippen molar-refractivity contribution in [2.45, 2.75) is 38.1 Å². The minimum absolute atomic E-state index is 0.0271. The minimum Gasteiger partial charge on any atom is -0.425 e. The second-order valence-electron chi connectivity index (χ2n) is 8.63. The lowest BCUT2D eigenvalue weighted by molar-refractivity contribution is -0.136. The summed E-state index contributed by atoms with van der Waals surface area (Å²) in [4.78, 5) is 25.4. The van der Waals surface area contributed by atoms with Crippen LogP contribution in [0.2, 0.25) is 0 Å². The molecule has 0 aliphatic carbocycles. The van der Waals surface area contributed by atoms with Gasteiger partial charge in [-0.15, -0.1) is 0 Å². The van der Waals surface area contributed by atoms with Gasteiger partial charge in [0.1, 0.15) is 17.4 Å². The number of esters is 1. The molecule has 1 heterocycles. The van der Waals surface area contributed by atoms with E-state index in [2.05, 4.69) is 4.72 Å². The number of sulfonamides is 1. The zero-order valence-corrected chi connectivity index (χ0v) is 19.9. The molecular weight excluding hydrogens is 454 g/mol. The van der Waals surface area contributed by atoms with Crippen LogP contribution in [0.3, 0.4) is 0 Å². The summed E-state index contributed by atoms with van der Waals surface area (Å²) >= 11 is 0. The summed E-state index contributed by atoms with van der Waals surface area (Å²) in [6, 6.07) is 17.1. The summed E-state index contributed by atoms with van der Waals surface area (Å²) in [5.74, 6) is -0.564. The Morgan fingerprint density at radius 2 is 1.65 bits per heavy atom. The summed E-state index contributed by atoms with van der Waals surface area (Å²) < 4.78 is 39.1. The van der Waals surface area contributed by atoms with Crippen LogP contribution < -0.4 is 15.1 Å². The third-order valence-electron chi connectivity index (χ3n) is 5.43. The van der Waals surface area contributed by atoms with Gasteiger partial charge in [-0.25, -0.2) is 18.0 Å². The molecule has 0 saturated heterocycles. The lowest BCUT2D eigenvalue weighted by atomic mass is 10.0. The molecule has 8 heteroatoms. The van der Waals surface area contributed by atoms with E-state index in [9.17, 15) is 18.0 Å². The molecule has 0 amide bonds. The number of hydrogen-bond donors (Lipinski definition) is 1. The van der Waals surface area contributed by atoms with Gasteiger partial charge in [-0.05, 0) is 55.0 Å². The quantitative estimate of drug-likeness (QED) is 0.181. The maximum Gasteiger partial charge on any atom is 0.344 e. The van der Waals surface area contributed by atoms with E-state index in [0.717, 1.165) is 10.9 Å². The van der Waals surface area contributed by atoms with Crippen molar-refractivity contribution in [1.29, 1.82) is 0 Å². The van der Waals surface area contributed by atoms with Crippen molar-refractivity contribution >= 4 is 37.7 Å². The van der Waals surface area contributed by atoms with Crippen LogP contribution in [-0.2, 0) is 14.8 Å². The monoisotopic (exact) mass is 479 g/mol. The third-order valence-corrected chi connectivity index (χ3v) is 6.92. The average Bonchev–Trinajstić information content (AvgIpc) is 2.78. The Hall–Kier alpha value is -3.49. The highest BCUT2D eigenvalue weighted by molar-refractivity contribution is 7.89. The average molecular weight is 480 g/mol. The molecule has 0 fully saturated rings. The van der Waals surface area contributed by atoms with Gasteiger partial charge in [0.2, 0.25) is 10.0 Å². The number of hydrogen-bond acceptors (Lipinski definition) is 6. The van der Waals surface area contributed by atoms with Crippen molar-refractivity contribution in [2.24, 2.45) is 5.92 Å². The van der Waals surface area contributed by atoms with Crippen LogP contribution in [0.15, 0.2) is 80.8 Å². The smallest absolute Gasteiger partial charge is 0.344 e. The first-order valence-corrected chi connectivity index (χ1v) is 12.4. The maximum absolute atomic E-state index is 13.0. The number of aryl methyl sites for hydroxylation is 1. The standard InChI is InChI=1S/C26H25NO6S/c1-16(2)14-23(27-34(30,31)19-11-8-17(3)9-12-19)26(29)32-18-10-13-21-20-6-4-5-7-22(20)25(28)33-24(21)15-18/h4-13,15-16,23,27H,14H2,1-3H3/t23-/m0/s1. The molecule has 4 rings (SSSR count). The van der Waals surface area contributed by atoms with Gasteiger partial charge < -0.3 is 9.15 Å². The van der Waals surface area contributed by atoms with Gasteiger partial charge in [0.15, 0.2) is 0 Å². The van der Waals surface area contributed by atoms with Crippen molar-refractivity contribution < 1.29 is 22.4 Å². The molecule has 0 saturated carbocycles. The Morgan fingerprint density at radius 3 is 2.32 bits per heavy atom. The number of nitrogens with one attached hydrogen (secondary N) is 1. The number of rotatable bonds is 7. The Balaban J connectivity index is 1.61. The van der Waals surface area contributed by atoms with Gasteiger partial charge in [0.05, 0.1) is 10.3 Å². The molecule has 3 aromatic carbocycles. The highest BCUT2D eigenvalue weighted by Gasteiger charge is 2.28. The Labute approximate surface area is 197 Å². The zero-order valence-electron chi connectivity index (χ0n) is 19.1. The normalized spacial score (nSPS) is 12.8. The lowest BCUT2D eigenvalue weighted by Gasteiger charge is -2.19. The number of fused-ring (bicyclic) bond motifs is 3. The number of carbonyl (C=O) groups is 1. The fourth-order valence-electron chi connectivity index (χ4n) is 3.75. The predicted octanol–water partition coefficient (Wildman–Crippen LogP) is 4.55. The van der Waals surface area contributed by atoms with E-state index in [4.69, 9.17) is 9.15 Å². The fraction of sp³-hybridized carbons (Fsp3) is 0.231. The van der Waals surface area contributed by atoms with Crippen LogP contribution in [0.25, 0.3) is 21.7 Å². The first kappa shape index (κ1) is 23.7. The fourth-order valence-corrected chi connectivity index (χ4v) is 4.95. The minimum atomic E-state index is -3.93. The van der Waals surface area contributed by atoms with Gasteiger partial charge in [-0.2, -0.15) is 4.72 Å². The van der Waals surface area contributed by atoms with E-state index in [-0.39, 0.29) is 28.6 Å². The van der Waals surface area contributed by atoms with Crippen LogP contribution in [0.1, 0.15) is 25.8 Å². The molecule has 1 aromatic heterocycles. The van der Waals surface area contributed by atoms with Crippen LogP contribution in [-0.4, -0.2) is 20.4 Å². The van der Waals surface area contributed by atoms with Gasteiger partial charge in [-0.3, -0.25) is 0 Å². The topological polar surface area (TPSA) is 103 Å². The van der Waals surface area contributed by atoms with Crippen molar-refractivity contribution in [3.8, 4) is 5.75 Å². The van der Waals surface area contributed by atoms with Crippen molar-refractivity contribution in [3.05, 3.63) is 82.7 Å². The van der Waals surface area contributed by atoms with Crippen molar-refractivity contribution in [2.75, 3.05) is 0 Å². The number of benzene rings is 3. The van der Waals surface area contributed by atoms with Crippen molar-refractivity contribution in [1.82, 2.24) is 4.72 Å². The van der Waals surface area contributed by atoms with Gasteiger partial charge in [0, 0.05) is 11.5 Å². The largest absolute Gasteiger partial charge is 0.425 e. The Bertz CT molecular complexity index is 1520. The van der Waals surface area contributed by atoms with Crippen LogP contribution >= 0.6 is 0 Å². The summed E-state index contributed by atoms with van der Waals surface area (Å²) in [6.45, 7) is 5.63. The summed E-state index contributed by atoms with van der Waals surface area (Å²) in [7, 11) is -3.93. The van der Waals surface area contributed by atoms with E-state index in [1.54, 1.807) is 36.4 Å². The van der Waals surface area contributed by atoms with E-state index in [1.807, 2.05) is 32.9 Å². The molecule has 0 aliphatic heterocycles. The van der Waals surface area contributed by atoms with Crippen LogP contribution in [0.5, 0.6) is 5.75 Å². The molecule has 0 radical (unpaired) electrons. The van der Waals surface area contributed by atoms with Gasteiger partial charge in [0.25, 0.3) is 0 Å². The molecule has 34 heavy (non-hydrogen) atoms. The molecular formula is C26H25NO6S. The van der Waals surface area contributed by atoms with Gasteiger partial charge >= 0.3 is 11.6 Å². The SMILES string of the molecule is Cc1ccc(S(=O)(=O)N[C@@H](CC(C)C)C(=O)Oc2ccc3c(c2)oc(=O)c2ccccc23)cc1. The van der Waals surface area contributed by atoms with Crippen LogP contribution in [0.4, 0.5) is 0 Å². The Morgan fingerprint density at radius 1 is 0.971 bits per heavy atom. The maximum atomic E-state index is 13.0. The lowest BCUT2D eigenvalue weighted by Crippen LogP contribution is -2.43. The number of ether oxygens (including phenoxy) is 1. The van der Waals surface area contributed by atoms with E-state index < -0.39 is 27.7 Å². The molecule has 0 bridgehead atoms. The van der Waals surface area contributed by atoms with E-state index in [1.165, 1.54) is 18.2 Å². The van der Waals surface area contributed by atoms with Crippen LogP contribution in [0, 0.1) is 12.8 Å². The Kier molecular flexibility index (Phi) is 6.54. The second kappa shape index (κ2) is 9.40. The van der Waals surface area contributed by atoms with E-state index in [0.29, 0.717) is 10.8 Å². The molecule has 1 atom stereocenters. The second-order valence-corrected chi connectivity index (χ2v) is 10.3. The summed E-state index contributed by atoms with van der Waals surface area (Å²) in [5, 5.41) is 1.89.